The molecule has 1 saturated carbocycles. The van der Waals surface area contributed by atoms with E-state index < -0.39 is 11.6 Å². The lowest BCUT2D eigenvalue weighted by atomic mass is 10.1. The third-order valence-corrected chi connectivity index (χ3v) is 5.17. The van der Waals surface area contributed by atoms with Gasteiger partial charge in [0.1, 0.15) is 17.4 Å². The molecule has 2 aromatic rings. The molecule has 0 spiro atoms. The van der Waals surface area contributed by atoms with Gasteiger partial charge in [-0.1, -0.05) is 18.2 Å². The van der Waals surface area contributed by atoms with Crippen LogP contribution in [0.5, 0.6) is 5.75 Å². The summed E-state index contributed by atoms with van der Waals surface area (Å²) in [4.78, 5) is 4.22. The summed E-state index contributed by atoms with van der Waals surface area (Å²) in [6.07, 6.45) is 2.53. The number of rotatable bonds is 5. The molecule has 27 heavy (non-hydrogen) atoms. The van der Waals surface area contributed by atoms with Crippen LogP contribution < -0.4 is 15.4 Å². The molecule has 6 heteroatoms. The van der Waals surface area contributed by atoms with Crippen molar-refractivity contribution in [3.8, 4) is 5.75 Å². The van der Waals surface area contributed by atoms with Gasteiger partial charge in [0.15, 0.2) is 5.96 Å². The Hall–Kier alpha value is -2.63. The second-order valence-corrected chi connectivity index (χ2v) is 7.02. The van der Waals surface area contributed by atoms with Crippen LogP contribution in [0.4, 0.5) is 8.78 Å². The Morgan fingerprint density at radius 1 is 1.22 bits per heavy atom. The van der Waals surface area contributed by atoms with Gasteiger partial charge in [0.2, 0.25) is 0 Å². The molecule has 2 unspecified atom stereocenters. The Morgan fingerprint density at radius 3 is 2.81 bits per heavy atom. The van der Waals surface area contributed by atoms with Crippen molar-refractivity contribution in [2.75, 3.05) is 20.2 Å². The number of hydrogen-bond donors (Lipinski definition) is 2. The van der Waals surface area contributed by atoms with Crippen molar-refractivity contribution in [3.05, 3.63) is 64.7 Å². The number of aliphatic imine (C=N–C) groups is 1. The van der Waals surface area contributed by atoms with Crippen molar-refractivity contribution >= 4 is 5.96 Å². The molecule has 4 nitrogen and oxygen atoms in total. The monoisotopic (exact) mass is 371 g/mol. The molecule has 0 radical (unpaired) electrons. The summed E-state index contributed by atoms with van der Waals surface area (Å²) in [5.74, 6) is 0.537. The maximum Gasteiger partial charge on any atom is 0.191 e. The molecular weight excluding hydrogens is 348 g/mol. The van der Waals surface area contributed by atoms with Crippen molar-refractivity contribution in [3.63, 3.8) is 0 Å². The minimum absolute atomic E-state index is 0.000238. The van der Waals surface area contributed by atoms with Gasteiger partial charge in [-0.3, -0.25) is 4.99 Å². The zero-order chi connectivity index (χ0) is 18.8. The first-order chi connectivity index (χ1) is 13.2. The number of ether oxygens (including phenoxy) is 1. The summed E-state index contributed by atoms with van der Waals surface area (Å²) in [6, 6.07) is 10.3. The van der Waals surface area contributed by atoms with E-state index in [0.717, 1.165) is 31.7 Å². The Kier molecular flexibility index (Phi) is 4.97. The van der Waals surface area contributed by atoms with Gasteiger partial charge in [0, 0.05) is 37.5 Å². The van der Waals surface area contributed by atoms with E-state index in [-0.39, 0.29) is 17.5 Å². The van der Waals surface area contributed by atoms with Gasteiger partial charge < -0.3 is 15.4 Å². The van der Waals surface area contributed by atoms with Gasteiger partial charge >= 0.3 is 0 Å². The van der Waals surface area contributed by atoms with Crippen molar-refractivity contribution in [2.24, 2.45) is 4.99 Å². The van der Waals surface area contributed by atoms with Crippen molar-refractivity contribution < 1.29 is 13.5 Å². The Balaban J connectivity index is 1.28. The van der Waals surface area contributed by atoms with Gasteiger partial charge in [-0.25, -0.2) is 8.78 Å². The summed E-state index contributed by atoms with van der Waals surface area (Å²) in [5, 5.41) is 6.54. The number of benzene rings is 2. The maximum atomic E-state index is 13.9. The third-order valence-electron chi connectivity index (χ3n) is 5.17. The molecule has 1 heterocycles. The molecule has 2 aromatic carbocycles. The largest absolute Gasteiger partial charge is 0.493 e. The minimum atomic E-state index is -0.479. The maximum absolute atomic E-state index is 13.9. The van der Waals surface area contributed by atoms with Crippen LogP contribution in [0.2, 0.25) is 0 Å². The number of hydrogen-bond acceptors (Lipinski definition) is 2. The normalized spacial score (nSPS) is 20.8. The smallest absolute Gasteiger partial charge is 0.191 e. The average molecular weight is 371 g/mol. The highest BCUT2D eigenvalue weighted by atomic mass is 19.1. The first-order valence-electron chi connectivity index (χ1n) is 9.31. The SMILES string of the molecule is CN=C(NCCc1ccc2c(c1)CCO2)NC1CC1c1c(F)cccc1F. The average Bonchev–Trinajstić information content (AvgIpc) is 3.23. The van der Waals surface area contributed by atoms with E-state index in [2.05, 4.69) is 27.8 Å². The van der Waals surface area contributed by atoms with Crippen LogP contribution >= 0.6 is 0 Å². The van der Waals surface area contributed by atoms with Gasteiger partial charge in [-0.15, -0.1) is 0 Å². The molecule has 0 amide bonds. The van der Waals surface area contributed by atoms with Crippen LogP contribution in [0, 0.1) is 11.6 Å². The zero-order valence-electron chi connectivity index (χ0n) is 15.3. The standard InChI is InChI=1S/C21H23F2N3O/c1-24-21(25-9-7-13-5-6-19-14(11-13)8-10-27-19)26-18-12-15(18)20-16(22)3-2-4-17(20)23/h2-6,11,15,18H,7-10,12H2,1H3,(H2,24,25,26). The lowest BCUT2D eigenvalue weighted by Crippen LogP contribution is -2.40. The molecule has 2 aliphatic rings. The van der Waals surface area contributed by atoms with Crippen molar-refractivity contribution in [2.45, 2.75) is 31.2 Å². The molecule has 0 aromatic heterocycles. The number of halogens is 2. The van der Waals surface area contributed by atoms with Crippen LogP contribution in [0.1, 0.15) is 29.0 Å². The predicted molar refractivity (Wildman–Crippen MR) is 101 cm³/mol. The summed E-state index contributed by atoms with van der Waals surface area (Å²) < 4.78 is 33.3. The quantitative estimate of drug-likeness (QED) is 0.627. The van der Waals surface area contributed by atoms with Gasteiger partial charge in [0.05, 0.1) is 6.61 Å². The molecule has 4 rings (SSSR count). The Bertz CT molecular complexity index is 848. The molecule has 1 aliphatic carbocycles. The number of nitrogens with one attached hydrogen (secondary N) is 2. The van der Waals surface area contributed by atoms with Crippen LogP contribution in [-0.4, -0.2) is 32.2 Å². The van der Waals surface area contributed by atoms with Crippen LogP contribution in [-0.2, 0) is 12.8 Å². The molecule has 0 saturated heterocycles. The van der Waals surface area contributed by atoms with Gasteiger partial charge in [-0.05, 0) is 42.2 Å². The molecular formula is C21H23F2N3O. The fourth-order valence-corrected chi connectivity index (χ4v) is 3.63. The van der Waals surface area contributed by atoms with Gasteiger partial charge in [-0.2, -0.15) is 0 Å². The van der Waals surface area contributed by atoms with E-state index >= 15 is 0 Å². The molecule has 1 fully saturated rings. The van der Waals surface area contributed by atoms with Crippen molar-refractivity contribution in [1.82, 2.24) is 10.6 Å². The van der Waals surface area contributed by atoms with Crippen molar-refractivity contribution in [1.29, 1.82) is 0 Å². The summed E-state index contributed by atoms with van der Waals surface area (Å²) in [7, 11) is 1.70. The summed E-state index contributed by atoms with van der Waals surface area (Å²) in [5.41, 5.74) is 2.69. The molecule has 142 valence electrons. The highest BCUT2D eigenvalue weighted by Crippen LogP contribution is 2.43. The molecule has 1 aliphatic heterocycles. The van der Waals surface area contributed by atoms with Crippen LogP contribution in [0.15, 0.2) is 41.4 Å². The first-order valence-corrected chi connectivity index (χ1v) is 9.31. The van der Waals surface area contributed by atoms with E-state index in [9.17, 15) is 8.78 Å². The van der Waals surface area contributed by atoms with E-state index in [1.54, 1.807) is 7.05 Å². The highest BCUT2D eigenvalue weighted by molar-refractivity contribution is 5.80. The third kappa shape index (κ3) is 3.89. The lowest BCUT2D eigenvalue weighted by Gasteiger charge is -2.12. The van der Waals surface area contributed by atoms with Gasteiger partial charge in [0.25, 0.3) is 0 Å². The minimum Gasteiger partial charge on any atom is -0.493 e. The first kappa shape index (κ1) is 17.8. The fourth-order valence-electron chi connectivity index (χ4n) is 3.63. The van der Waals surface area contributed by atoms with Crippen LogP contribution in [0.25, 0.3) is 0 Å². The van der Waals surface area contributed by atoms with E-state index in [4.69, 9.17) is 4.74 Å². The van der Waals surface area contributed by atoms with E-state index in [0.29, 0.717) is 12.4 Å². The summed E-state index contributed by atoms with van der Waals surface area (Å²) >= 11 is 0. The second-order valence-electron chi connectivity index (χ2n) is 7.02. The number of guanidine groups is 1. The van der Waals surface area contributed by atoms with E-state index in [1.165, 1.54) is 29.3 Å². The molecule has 0 bridgehead atoms. The fraction of sp³-hybridized carbons (Fsp3) is 0.381. The van der Waals surface area contributed by atoms with Crippen LogP contribution in [0.3, 0.4) is 0 Å². The lowest BCUT2D eigenvalue weighted by molar-refractivity contribution is 0.357. The predicted octanol–water partition coefficient (Wildman–Crippen LogP) is 3.16. The molecule has 2 atom stereocenters. The molecule has 2 N–H and O–H groups in total. The highest BCUT2D eigenvalue weighted by Gasteiger charge is 2.42. The Morgan fingerprint density at radius 2 is 2.04 bits per heavy atom. The van der Waals surface area contributed by atoms with E-state index in [1.807, 2.05) is 6.07 Å². The second kappa shape index (κ2) is 7.55. The number of nitrogens with zero attached hydrogens (tertiary/aromatic N) is 1. The zero-order valence-corrected chi connectivity index (χ0v) is 15.3. The summed E-state index contributed by atoms with van der Waals surface area (Å²) in [6.45, 7) is 1.49. The topological polar surface area (TPSA) is 45.7 Å². The number of fused-ring (bicyclic) bond motifs is 1. The Labute approximate surface area is 157 Å².